The number of halogens is 1. The number of methoxy groups -OCH3 is 1. The number of esters is 1. The molecule has 2 rings (SSSR count). The molecule has 2 aromatic heterocycles. The number of nitrogens with one attached hydrogen (secondary N) is 1. The fourth-order valence-electron chi connectivity index (χ4n) is 1.56. The summed E-state index contributed by atoms with van der Waals surface area (Å²) >= 11 is 1.20. The summed E-state index contributed by atoms with van der Waals surface area (Å²) in [6.07, 6.45) is 2.28. The van der Waals surface area contributed by atoms with Crippen molar-refractivity contribution in [2.75, 3.05) is 12.4 Å². The zero-order valence-electron chi connectivity index (χ0n) is 10.8. The van der Waals surface area contributed by atoms with Gasteiger partial charge in [0.2, 0.25) is 0 Å². The average molecular weight is 294 g/mol. The van der Waals surface area contributed by atoms with Crippen molar-refractivity contribution >= 4 is 28.2 Å². The molecular formula is C13H11FN2O3S. The molecule has 1 N–H and O–H groups in total. The summed E-state index contributed by atoms with van der Waals surface area (Å²) in [5.74, 6) is -1.54. The Balaban J connectivity index is 2.20. The van der Waals surface area contributed by atoms with Crippen LogP contribution in [-0.2, 0) is 4.74 Å². The Morgan fingerprint density at radius 1 is 1.40 bits per heavy atom. The van der Waals surface area contributed by atoms with Crippen LogP contribution in [0.2, 0.25) is 0 Å². The van der Waals surface area contributed by atoms with E-state index in [0.29, 0.717) is 16.1 Å². The molecule has 0 aliphatic rings. The van der Waals surface area contributed by atoms with Crippen molar-refractivity contribution < 1.29 is 18.7 Å². The van der Waals surface area contributed by atoms with Gasteiger partial charge in [-0.1, -0.05) is 0 Å². The first-order valence-corrected chi connectivity index (χ1v) is 6.49. The van der Waals surface area contributed by atoms with Crippen molar-refractivity contribution in [2.24, 2.45) is 0 Å². The van der Waals surface area contributed by atoms with Gasteiger partial charge in [-0.25, -0.2) is 9.18 Å². The highest BCUT2D eigenvalue weighted by atomic mass is 32.1. The van der Waals surface area contributed by atoms with Crippen molar-refractivity contribution in [1.82, 2.24) is 4.98 Å². The lowest BCUT2D eigenvalue weighted by molar-refractivity contribution is 0.0600. The van der Waals surface area contributed by atoms with Crippen LogP contribution in [0.5, 0.6) is 0 Å². The quantitative estimate of drug-likeness (QED) is 0.884. The molecule has 104 valence electrons. The maximum absolute atomic E-state index is 13.0. The van der Waals surface area contributed by atoms with E-state index in [1.165, 1.54) is 24.6 Å². The molecule has 0 saturated heterocycles. The van der Waals surface area contributed by atoms with E-state index in [1.54, 1.807) is 12.3 Å². The smallest absolute Gasteiger partial charge is 0.339 e. The van der Waals surface area contributed by atoms with E-state index in [-0.39, 0.29) is 5.56 Å². The number of aromatic nitrogens is 1. The van der Waals surface area contributed by atoms with Gasteiger partial charge in [0, 0.05) is 11.6 Å². The monoisotopic (exact) mass is 294 g/mol. The number of anilines is 1. The fraction of sp³-hybridized carbons (Fsp3) is 0.154. The molecule has 5 nitrogen and oxygen atoms in total. The van der Waals surface area contributed by atoms with E-state index < -0.39 is 17.7 Å². The maximum Gasteiger partial charge on any atom is 0.339 e. The Morgan fingerprint density at radius 2 is 2.15 bits per heavy atom. The van der Waals surface area contributed by atoms with Gasteiger partial charge in [0.25, 0.3) is 5.91 Å². The molecule has 2 heterocycles. The lowest BCUT2D eigenvalue weighted by atomic mass is 10.2. The second-order valence-electron chi connectivity index (χ2n) is 3.94. The molecule has 0 spiro atoms. The largest absolute Gasteiger partial charge is 0.465 e. The second-order valence-corrected chi connectivity index (χ2v) is 4.82. The van der Waals surface area contributed by atoms with Gasteiger partial charge in [-0.3, -0.25) is 9.78 Å². The number of amides is 1. The molecular weight excluding hydrogens is 283 g/mol. The van der Waals surface area contributed by atoms with Crippen LogP contribution < -0.4 is 5.32 Å². The topological polar surface area (TPSA) is 68.3 Å². The highest BCUT2D eigenvalue weighted by Gasteiger charge is 2.17. The van der Waals surface area contributed by atoms with Crippen molar-refractivity contribution in [3.8, 4) is 0 Å². The zero-order valence-corrected chi connectivity index (χ0v) is 11.6. The molecule has 0 bridgehead atoms. The van der Waals surface area contributed by atoms with Crippen molar-refractivity contribution in [3.05, 3.63) is 46.3 Å². The number of rotatable bonds is 3. The Kier molecular flexibility index (Phi) is 4.09. The van der Waals surface area contributed by atoms with E-state index in [9.17, 15) is 14.0 Å². The Hall–Kier alpha value is -2.28. The third-order valence-electron chi connectivity index (χ3n) is 2.64. The van der Waals surface area contributed by atoms with Gasteiger partial charge in [0.1, 0.15) is 5.82 Å². The summed E-state index contributed by atoms with van der Waals surface area (Å²) in [4.78, 5) is 27.0. The van der Waals surface area contributed by atoms with Crippen LogP contribution in [0.15, 0.2) is 23.8 Å². The summed E-state index contributed by atoms with van der Waals surface area (Å²) in [7, 11) is 1.29. The molecule has 2 aromatic rings. The van der Waals surface area contributed by atoms with E-state index in [4.69, 9.17) is 0 Å². The maximum atomic E-state index is 13.0. The predicted molar refractivity (Wildman–Crippen MR) is 72.5 cm³/mol. The molecule has 0 aliphatic heterocycles. The first kappa shape index (κ1) is 14.1. The predicted octanol–water partition coefficient (Wildman–Crippen LogP) is 2.63. The van der Waals surface area contributed by atoms with Gasteiger partial charge < -0.3 is 10.1 Å². The van der Waals surface area contributed by atoms with Crippen LogP contribution in [0.1, 0.15) is 26.3 Å². The van der Waals surface area contributed by atoms with Crippen LogP contribution in [0.25, 0.3) is 0 Å². The normalized spacial score (nSPS) is 10.2. The molecule has 20 heavy (non-hydrogen) atoms. The number of pyridine rings is 1. The Morgan fingerprint density at radius 3 is 2.80 bits per heavy atom. The standard InChI is InChI=1S/C13H11FN2O3S/c1-7-10(13(18)19-2)6-20-12(7)16-11(17)8-3-9(14)5-15-4-8/h3-6H,1-2H3,(H,16,17). The molecule has 7 heteroatoms. The first-order chi connectivity index (χ1) is 9.52. The van der Waals surface area contributed by atoms with Crippen molar-refractivity contribution in [2.45, 2.75) is 6.92 Å². The van der Waals surface area contributed by atoms with E-state index in [1.807, 2.05) is 0 Å². The Labute approximate surface area is 118 Å². The third-order valence-corrected chi connectivity index (χ3v) is 3.64. The summed E-state index contributed by atoms with van der Waals surface area (Å²) in [6.45, 7) is 1.70. The minimum Gasteiger partial charge on any atom is -0.465 e. The van der Waals surface area contributed by atoms with E-state index in [2.05, 4.69) is 15.0 Å². The molecule has 0 fully saturated rings. The summed E-state index contributed by atoms with van der Waals surface area (Å²) in [5.41, 5.74) is 1.11. The highest BCUT2D eigenvalue weighted by Crippen LogP contribution is 2.28. The summed E-state index contributed by atoms with van der Waals surface area (Å²) < 4.78 is 17.6. The lowest BCUT2D eigenvalue weighted by Crippen LogP contribution is -2.12. The van der Waals surface area contributed by atoms with Gasteiger partial charge in [-0.2, -0.15) is 0 Å². The molecule has 0 unspecified atom stereocenters. The third kappa shape index (κ3) is 2.83. The minimum atomic E-state index is -0.587. The highest BCUT2D eigenvalue weighted by molar-refractivity contribution is 7.14. The first-order valence-electron chi connectivity index (χ1n) is 5.61. The molecule has 0 atom stereocenters. The van der Waals surface area contributed by atoms with Crippen LogP contribution in [0, 0.1) is 12.7 Å². The summed E-state index contributed by atoms with van der Waals surface area (Å²) in [5, 5.41) is 4.73. The summed E-state index contributed by atoms with van der Waals surface area (Å²) in [6, 6.07) is 1.09. The van der Waals surface area contributed by atoms with Crippen LogP contribution >= 0.6 is 11.3 Å². The SMILES string of the molecule is COC(=O)c1csc(NC(=O)c2cncc(F)c2)c1C. The van der Waals surface area contributed by atoms with Gasteiger partial charge >= 0.3 is 5.97 Å². The zero-order chi connectivity index (χ0) is 14.7. The molecule has 0 radical (unpaired) electrons. The number of carbonyl (C=O) groups is 2. The second kappa shape index (κ2) is 5.79. The van der Waals surface area contributed by atoms with E-state index >= 15 is 0 Å². The number of ether oxygens (including phenoxy) is 1. The number of carbonyl (C=O) groups excluding carboxylic acids is 2. The fourth-order valence-corrected chi connectivity index (χ4v) is 2.51. The van der Waals surface area contributed by atoms with Crippen LogP contribution in [-0.4, -0.2) is 24.0 Å². The van der Waals surface area contributed by atoms with Crippen molar-refractivity contribution in [3.63, 3.8) is 0 Å². The number of hydrogen-bond acceptors (Lipinski definition) is 5. The average Bonchev–Trinajstić information content (AvgIpc) is 2.79. The molecule has 1 amide bonds. The van der Waals surface area contributed by atoms with Crippen LogP contribution in [0.3, 0.4) is 0 Å². The molecule has 0 aliphatic carbocycles. The number of nitrogens with zero attached hydrogens (tertiary/aromatic N) is 1. The van der Waals surface area contributed by atoms with Crippen LogP contribution in [0.4, 0.5) is 9.39 Å². The number of hydrogen-bond donors (Lipinski definition) is 1. The van der Waals surface area contributed by atoms with Crippen molar-refractivity contribution in [1.29, 1.82) is 0 Å². The van der Waals surface area contributed by atoms with Gasteiger partial charge in [0.05, 0.1) is 29.4 Å². The van der Waals surface area contributed by atoms with E-state index in [0.717, 1.165) is 12.3 Å². The minimum absolute atomic E-state index is 0.109. The van der Waals surface area contributed by atoms with Gasteiger partial charge in [-0.05, 0) is 18.6 Å². The molecule has 0 aromatic carbocycles. The lowest BCUT2D eigenvalue weighted by Gasteiger charge is -2.04. The Bertz CT molecular complexity index is 669. The van der Waals surface area contributed by atoms with Gasteiger partial charge in [-0.15, -0.1) is 11.3 Å². The number of thiophene rings is 1. The van der Waals surface area contributed by atoms with Gasteiger partial charge in [0.15, 0.2) is 0 Å². The molecule has 0 saturated carbocycles.